The van der Waals surface area contributed by atoms with Gasteiger partial charge in [0.2, 0.25) is 0 Å². The minimum atomic E-state index is 0.492. The van der Waals surface area contributed by atoms with Gasteiger partial charge in [0.05, 0.1) is 11.9 Å². The van der Waals surface area contributed by atoms with Crippen molar-refractivity contribution in [1.29, 1.82) is 0 Å². The van der Waals surface area contributed by atoms with Gasteiger partial charge < -0.3 is 5.32 Å². The van der Waals surface area contributed by atoms with Crippen LogP contribution in [-0.4, -0.2) is 12.4 Å². The van der Waals surface area contributed by atoms with Crippen LogP contribution in [0.1, 0.15) is 55.7 Å². The first-order chi connectivity index (χ1) is 8.93. The van der Waals surface area contributed by atoms with Crippen molar-refractivity contribution in [2.45, 2.75) is 51.0 Å². The van der Waals surface area contributed by atoms with E-state index in [1.54, 1.807) is 0 Å². The summed E-state index contributed by atoms with van der Waals surface area (Å²) in [6.07, 6.45) is 8.79. The van der Waals surface area contributed by atoms with Gasteiger partial charge in [-0.05, 0) is 43.2 Å². The standard InChI is InChI=1S/C16H22N2/c1-2-11-16(17-12-5-1)18-15-10-6-8-13-7-3-4-9-14(13)15/h3-4,7,9,15H,1-2,5-6,8,10-12H2,(H,17,18)/t15-/m1/s1. The molecule has 0 radical (unpaired) electrons. The zero-order valence-electron chi connectivity index (χ0n) is 11.0. The zero-order chi connectivity index (χ0) is 12.2. The Morgan fingerprint density at radius 2 is 1.94 bits per heavy atom. The summed E-state index contributed by atoms with van der Waals surface area (Å²) in [4.78, 5) is 4.70. The van der Waals surface area contributed by atoms with Crippen LogP contribution in [0.25, 0.3) is 0 Å². The first-order valence-corrected chi connectivity index (χ1v) is 7.31. The molecule has 0 aromatic heterocycles. The van der Waals surface area contributed by atoms with Gasteiger partial charge in [0.15, 0.2) is 0 Å². The van der Waals surface area contributed by atoms with E-state index in [9.17, 15) is 0 Å². The Hall–Kier alpha value is -1.31. The van der Waals surface area contributed by atoms with Gasteiger partial charge in [0.1, 0.15) is 0 Å². The van der Waals surface area contributed by atoms with E-state index in [0.29, 0.717) is 6.04 Å². The van der Waals surface area contributed by atoms with Gasteiger partial charge >= 0.3 is 0 Å². The Labute approximate surface area is 110 Å². The number of rotatable bonds is 1. The summed E-state index contributed by atoms with van der Waals surface area (Å²) >= 11 is 0. The van der Waals surface area contributed by atoms with Gasteiger partial charge in [-0.15, -0.1) is 0 Å². The lowest BCUT2D eigenvalue weighted by Crippen LogP contribution is -2.30. The Balaban J connectivity index is 1.75. The monoisotopic (exact) mass is 242 g/mol. The van der Waals surface area contributed by atoms with Crippen molar-refractivity contribution >= 4 is 5.84 Å². The van der Waals surface area contributed by atoms with Crippen molar-refractivity contribution < 1.29 is 0 Å². The Kier molecular flexibility index (Phi) is 3.63. The van der Waals surface area contributed by atoms with E-state index in [1.807, 2.05) is 0 Å². The summed E-state index contributed by atoms with van der Waals surface area (Å²) in [5.74, 6) is 1.24. The van der Waals surface area contributed by atoms with Gasteiger partial charge in [-0.1, -0.05) is 30.7 Å². The normalized spacial score (nSPS) is 23.8. The number of fused-ring (bicyclic) bond motifs is 1. The third kappa shape index (κ3) is 2.58. The molecule has 0 amide bonds. The first kappa shape index (κ1) is 11.8. The predicted molar refractivity (Wildman–Crippen MR) is 76.0 cm³/mol. The average Bonchev–Trinajstić information content (AvgIpc) is 2.68. The largest absolute Gasteiger partial charge is 0.367 e. The number of benzene rings is 1. The molecule has 1 aliphatic carbocycles. The highest BCUT2D eigenvalue weighted by molar-refractivity contribution is 5.82. The topological polar surface area (TPSA) is 24.4 Å². The molecule has 96 valence electrons. The number of amidine groups is 1. The fourth-order valence-corrected chi connectivity index (χ4v) is 3.10. The lowest BCUT2D eigenvalue weighted by atomic mass is 9.87. The van der Waals surface area contributed by atoms with Crippen LogP contribution in [-0.2, 0) is 6.42 Å². The van der Waals surface area contributed by atoms with E-state index in [4.69, 9.17) is 4.99 Å². The van der Waals surface area contributed by atoms with Crippen molar-refractivity contribution in [3.8, 4) is 0 Å². The van der Waals surface area contributed by atoms with Crippen LogP contribution < -0.4 is 5.32 Å². The summed E-state index contributed by atoms with van der Waals surface area (Å²) in [5, 5.41) is 3.70. The van der Waals surface area contributed by atoms with Crippen LogP contribution in [0.2, 0.25) is 0 Å². The van der Waals surface area contributed by atoms with Crippen molar-refractivity contribution in [3.63, 3.8) is 0 Å². The Morgan fingerprint density at radius 1 is 1.00 bits per heavy atom. The fraction of sp³-hybridized carbons (Fsp3) is 0.562. The maximum atomic E-state index is 4.70. The molecule has 2 aliphatic rings. The second-order valence-electron chi connectivity index (χ2n) is 5.43. The minimum Gasteiger partial charge on any atom is -0.367 e. The van der Waals surface area contributed by atoms with Crippen molar-refractivity contribution in [1.82, 2.24) is 5.32 Å². The molecule has 1 aromatic rings. The van der Waals surface area contributed by atoms with Crippen molar-refractivity contribution in [2.75, 3.05) is 6.54 Å². The van der Waals surface area contributed by atoms with Crippen LogP contribution >= 0.6 is 0 Å². The predicted octanol–water partition coefficient (Wildman–Crippen LogP) is 3.63. The molecule has 0 bridgehead atoms. The maximum Gasteiger partial charge on any atom is 0.0967 e. The van der Waals surface area contributed by atoms with E-state index in [2.05, 4.69) is 29.6 Å². The van der Waals surface area contributed by atoms with E-state index < -0.39 is 0 Å². The number of nitrogens with one attached hydrogen (secondary N) is 1. The Morgan fingerprint density at radius 3 is 2.94 bits per heavy atom. The minimum absolute atomic E-state index is 0.492. The molecule has 3 rings (SSSR count). The summed E-state index contributed by atoms with van der Waals surface area (Å²) in [6, 6.07) is 9.37. The summed E-state index contributed by atoms with van der Waals surface area (Å²) in [7, 11) is 0. The lowest BCUT2D eigenvalue weighted by Gasteiger charge is -2.27. The van der Waals surface area contributed by atoms with Crippen molar-refractivity contribution in [2.24, 2.45) is 4.99 Å². The van der Waals surface area contributed by atoms with Gasteiger partial charge in [-0.25, -0.2) is 0 Å². The molecule has 1 aliphatic heterocycles. The SMILES string of the molecule is c1ccc2c(c1)CCC[C@H]2NC1=NCCCCC1. The first-order valence-electron chi connectivity index (χ1n) is 7.31. The van der Waals surface area contributed by atoms with E-state index in [-0.39, 0.29) is 0 Å². The highest BCUT2D eigenvalue weighted by Gasteiger charge is 2.20. The molecule has 1 N–H and O–H groups in total. The molecule has 0 unspecified atom stereocenters. The molecular formula is C16H22N2. The molecule has 0 saturated carbocycles. The number of aliphatic imine (C=N–C) groups is 1. The van der Waals surface area contributed by atoms with Gasteiger partial charge in [0.25, 0.3) is 0 Å². The quantitative estimate of drug-likeness (QED) is 0.799. The van der Waals surface area contributed by atoms with Gasteiger partial charge in [-0.2, -0.15) is 0 Å². The number of hydrogen-bond acceptors (Lipinski definition) is 2. The van der Waals surface area contributed by atoms with Gasteiger partial charge in [0, 0.05) is 13.0 Å². The molecule has 2 nitrogen and oxygen atoms in total. The van der Waals surface area contributed by atoms with Crippen LogP contribution in [0.15, 0.2) is 29.3 Å². The van der Waals surface area contributed by atoms with E-state index in [1.165, 1.54) is 55.5 Å². The van der Waals surface area contributed by atoms with Crippen LogP contribution in [0.4, 0.5) is 0 Å². The molecule has 0 saturated heterocycles. The molecule has 2 heteroatoms. The number of nitrogens with zero attached hydrogens (tertiary/aromatic N) is 1. The third-order valence-electron chi connectivity index (χ3n) is 4.08. The van der Waals surface area contributed by atoms with Crippen LogP contribution in [0.3, 0.4) is 0 Å². The maximum absolute atomic E-state index is 4.70. The van der Waals surface area contributed by atoms with Crippen LogP contribution in [0, 0.1) is 0 Å². The Bertz CT molecular complexity index is 436. The summed E-state index contributed by atoms with van der Waals surface area (Å²) < 4.78 is 0. The molecule has 0 fully saturated rings. The van der Waals surface area contributed by atoms with Crippen LogP contribution in [0.5, 0.6) is 0 Å². The molecule has 0 spiro atoms. The molecule has 1 atom stereocenters. The van der Waals surface area contributed by atoms with Gasteiger partial charge in [-0.3, -0.25) is 4.99 Å². The second kappa shape index (κ2) is 5.55. The molecular weight excluding hydrogens is 220 g/mol. The zero-order valence-corrected chi connectivity index (χ0v) is 11.0. The molecule has 18 heavy (non-hydrogen) atoms. The average molecular weight is 242 g/mol. The number of hydrogen-bond donors (Lipinski definition) is 1. The second-order valence-corrected chi connectivity index (χ2v) is 5.43. The smallest absolute Gasteiger partial charge is 0.0967 e. The number of aryl methyl sites for hydroxylation is 1. The summed E-state index contributed by atoms with van der Waals surface area (Å²) in [5.41, 5.74) is 3.02. The lowest BCUT2D eigenvalue weighted by molar-refractivity contribution is 0.523. The van der Waals surface area contributed by atoms with E-state index in [0.717, 1.165) is 13.0 Å². The molecule has 1 heterocycles. The van der Waals surface area contributed by atoms with E-state index >= 15 is 0 Å². The summed E-state index contributed by atoms with van der Waals surface area (Å²) in [6.45, 7) is 1.01. The van der Waals surface area contributed by atoms with Crippen molar-refractivity contribution in [3.05, 3.63) is 35.4 Å². The fourth-order valence-electron chi connectivity index (χ4n) is 3.10. The highest BCUT2D eigenvalue weighted by Crippen LogP contribution is 2.29. The third-order valence-corrected chi connectivity index (χ3v) is 4.08. The molecule has 1 aromatic carbocycles. The highest BCUT2D eigenvalue weighted by atomic mass is 15.0.